The Hall–Kier alpha value is -1.80. The molecule has 0 amide bonds. The molecule has 3 rings (SSSR count). The number of rotatable bonds is 4. The summed E-state index contributed by atoms with van der Waals surface area (Å²) in [6.07, 6.45) is 6.42. The zero-order valence-electron chi connectivity index (χ0n) is 12.7. The van der Waals surface area contributed by atoms with Crippen molar-refractivity contribution < 1.29 is 8.42 Å². The van der Waals surface area contributed by atoms with Crippen LogP contribution >= 0.6 is 0 Å². The molecule has 8 heteroatoms. The molecule has 0 aromatic carbocycles. The maximum Gasteiger partial charge on any atom is 0.262 e. The fourth-order valence-electron chi connectivity index (χ4n) is 2.81. The minimum Gasteiger partial charge on any atom is -0.334 e. The van der Waals surface area contributed by atoms with Gasteiger partial charge in [-0.2, -0.15) is 4.31 Å². The maximum absolute atomic E-state index is 12.9. The van der Waals surface area contributed by atoms with Crippen molar-refractivity contribution >= 4 is 10.0 Å². The molecule has 2 aromatic rings. The van der Waals surface area contributed by atoms with Gasteiger partial charge in [0.15, 0.2) is 5.03 Å². The topological polar surface area (TPSA) is 81.0 Å². The van der Waals surface area contributed by atoms with Gasteiger partial charge in [0.2, 0.25) is 0 Å². The highest BCUT2D eigenvalue weighted by Crippen LogP contribution is 2.34. The molecule has 1 saturated heterocycles. The summed E-state index contributed by atoms with van der Waals surface area (Å²) in [4.78, 5) is 12.6. The summed E-state index contributed by atoms with van der Waals surface area (Å²) in [6.45, 7) is 4.94. The number of aryl methyl sites for hydroxylation is 2. The van der Waals surface area contributed by atoms with Crippen molar-refractivity contribution in [2.24, 2.45) is 0 Å². The summed E-state index contributed by atoms with van der Waals surface area (Å²) in [6, 6.07) is 1.42. The zero-order valence-corrected chi connectivity index (χ0v) is 13.5. The molecule has 2 aromatic heterocycles. The van der Waals surface area contributed by atoms with Gasteiger partial charge in [-0.25, -0.2) is 23.4 Å². The molecule has 0 radical (unpaired) electrons. The third-order valence-corrected chi connectivity index (χ3v) is 5.73. The highest BCUT2D eigenvalue weighted by Gasteiger charge is 2.39. The predicted molar refractivity (Wildman–Crippen MR) is 80.5 cm³/mol. The van der Waals surface area contributed by atoms with Crippen LogP contribution in [0.4, 0.5) is 0 Å². The number of imidazole rings is 1. The first-order chi connectivity index (χ1) is 10.5. The average molecular weight is 321 g/mol. The normalized spacial score (nSPS) is 19.6. The summed E-state index contributed by atoms with van der Waals surface area (Å²) in [7, 11) is -3.63. The van der Waals surface area contributed by atoms with Crippen molar-refractivity contribution in [2.75, 3.05) is 6.54 Å². The van der Waals surface area contributed by atoms with E-state index in [1.807, 2.05) is 18.4 Å². The van der Waals surface area contributed by atoms with Crippen molar-refractivity contribution in [3.05, 3.63) is 36.3 Å². The second kappa shape index (κ2) is 5.77. The molecular weight excluding hydrogens is 302 g/mol. The monoisotopic (exact) mass is 321 g/mol. The van der Waals surface area contributed by atoms with Gasteiger partial charge in [-0.1, -0.05) is 0 Å². The van der Waals surface area contributed by atoms with E-state index in [2.05, 4.69) is 15.0 Å². The second-order valence-electron chi connectivity index (χ2n) is 5.29. The fourth-order valence-corrected chi connectivity index (χ4v) is 4.46. The van der Waals surface area contributed by atoms with Crippen molar-refractivity contribution in [3.8, 4) is 0 Å². The van der Waals surface area contributed by atoms with Gasteiger partial charge in [0.1, 0.15) is 11.6 Å². The van der Waals surface area contributed by atoms with E-state index in [0.717, 1.165) is 12.8 Å². The number of nitrogens with zero attached hydrogens (tertiary/aromatic N) is 5. The van der Waals surface area contributed by atoms with Gasteiger partial charge in [-0.15, -0.1) is 0 Å². The van der Waals surface area contributed by atoms with Gasteiger partial charge >= 0.3 is 0 Å². The van der Waals surface area contributed by atoms with Crippen LogP contribution in [-0.4, -0.2) is 38.8 Å². The van der Waals surface area contributed by atoms with E-state index < -0.39 is 10.0 Å². The van der Waals surface area contributed by atoms with E-state index in [9.17, 15) is 8.42 Å². The van der Waals surface area contributed by atoms with Gasteiger partial charge in [0.05, 0.1) is 6.04 Å². The van der Waals surface area contributed by atoms with Crippen LogP contribution in [-0.2, 0) is 16.6 Å². The molecule has 22 heavy (non-hydrogen) atoms. The zero-order chi connectivity index (χ0) is 15.7. The van der Waals surface area contributed by atoms with E-state index in [4.69, 9.17) is 0 Å². The Bertz CT molecular complexity index is 757. The Labute approximate surface area is 130 Å². The molecule has 7 nitrogen and oxygen atoms in total. The molecule has 0 spiro atoms. The van der Waals surface area contributed by atoms with Gasteiger partial charge in [-0.05, 0) is 32.8 Å². The largest absolute Gasteiger partial charge is 0.334 e. The molecule has 0 N–H and O–H groups in total. The van der Waals surface area contributed by atoms with Crippen LogP contribution in [0.25, 0.3) is 0 Å². The van der Waals surface area contributed by atoms with Crippen LogP contribution in [0, 0.1) is 6.92 Å². The first-order valence-electron chi connectivity index (χ1n) is 7.36. The van der Waals surface area contributed by atoms with Crippen LogP contribution in [0.2, 0.25) is 0 Å². The van der Waals surface area contributed by atoms with Gasteiger partial charge in [0.25, 0.3) is 10.0 Å². The lowest BCUT2D eigenvalue weighted by Crippen LogP contribution is -2.31. The van der Waals surface area contributed by atoms with E-state index in [1.54, 1.807) is 24.7 Å². The van der Waals surface area contributed by atoms with Crippen molar-refractivity contribution in [2.45, 2.75) is 44.3 Å². The molecule has 118 valence electrons. The van der Waals surface area contributed by atoms with Crippen LogP contribution < -0.4 is 0 Å². The molecule has 1 aliphatic heterocycles. The lowest BCUT2D eigenvalue weighted by Gasteiger charge is -2.21. The first kappa shape index (κ1) is 15.1. The highest BCUT2D eigenvalue weighted by atomic mass is 32.2. The molecule has 0 bridgehead atoms. The summed E-state index contributed by atoms with van der Waals surface area (Å²) in [5.74, 6) is 1.25. The molecule has 1 fully saturated rings. The predicted octanol–water partition coefficient (Wildman–Crippen LogP) is 1.53. The van der Waals surface area contributed by atoms with Crippen molar-refractivity contribution in [1.29, 1.82) is 0 Å². The standard InChI is InChI=1S/C14H19N5O2S/c1-3-18-10-13(17-11(18)2)22(20,21)19-9-4-6-12(19)14-15-7-5-8-16-14/h5,7-8,10,12H,3-4,6,9H2,1-2H3. The van der Waals surface area contributed by atoms with Crippen LogP contribution in [0.15, 0.2) is 29.7 Å². The Morgan fingerprint density at radius 1 is 1.32 bits per heavy atom. The summed E-state index contributed by atoms with van der Waals surface area (Å²) in [5.41, 5.74) is 0. The average Bonchev–Trinajstić information content (AvgIpc) is 3.15. The second-order valence-corrected chi connectivity index (χ2v) is 7.13. The summed E-state index contributed by atoms with van der Waals surface area (Å²) in [5, 5.41) is 0.106. The van der Waals surface area contributed by atoms with E-state index in [0.29, 0.717) is 24.7 Å². The smallest absolute Gasteiger partial charge is 0.262 e. The minimum absolute atomic E-state index is 0.106. The molecule has 1 atom stereocenters. The van der Waals surface area contributed by atoms with Gasteiger partial charge in [0, 0.05) is 31.7 Å². The summed E-state index contributed by atoms with van der Waals surface area (Å²) < 4.78 is 29.1. The third kappa shape index (κ3) is 2.52. The van der Waals surface area contributed by atoms with Crippen LogP contribution in [0.1, 0.15) is 37.5 Å². The molecular formula is C14H19N5O2S. The quantitative estimate of drug-likeness (QED) is 0.853. The van der Waals surface area contributed by atoms with Crippen molar-refractivity contribution in [1.82, 2.24) is 23.8 Å². The lowest BCUT2D eigenvalue weighted by molar-refractivity contribution is 0.381. The minimum atomic E-state index is -3.63. The Balaban J connectivity index is 1.97. The first-order valence-corrected chi connectivity index (χ1v) is 8.80. The molecule has 1 unspecified atom stereocenters. The Kier molecular flexibility index (Phi) is 3.96. The lowest BCUT2D eigenvalue weighted by atomic mass is 10.2. The van der Waals surface area contributed by atoms with Crippen LogP contribution in [0.5, 0.6) is 0 Å². The molecule has 0 aliphatic carbocycles. The van der Waals surface area contributed by atoms with Crippen molar-refractivity contribution in [3.63, 3.8) is 0 Å². The number of hydrogen-bond donors (Lipinski definition) is 0. The van der Waals surface area contributed by atoms with E-state index >= 15 is 0 Å². The third-order valence-electron chi connectivity index (χ3n) is 3.96. The van der Waals surface area contributed by atoms with E-state index in [1.165, 1.54) is 4.31 Å². The molecule has 0 saturated carbocycles. The van der Waals surface area contributed by atoms with Gasteiger partial charge < -0.3 is 4.57 Å². The molecule has 1 aliphatic rings. The van der Waals surface area contributed by atoms with E-state index in [-0.39, 0.29) is 11.1 Å². The van der Waals surface area contributed by atoms with Gasteiger partial charge in [-0.3, -0.25) is 0 Å². The highest BCUT2D eigenvalue weighted by molar-refractivity contribution is 7.89. The van der Waals surface area contributed by atoms with Crippen LogP contribution in [0.3, 0.4) is 0 Å². The summed E-state index contributed by atoms with van der Waals surface area (Å²) >= 11 is 0. The Morgan fingerprint density at radius 2 is 2.05 bits per heavy atom. The number of sulfonamides is 1. The number of aromatic nitrogens is 4. The maximum atomic E-state index is 12.9. The SMILES string of the molecule is CCn1cc(S(=O)(=O)N2CCCC2c2ncccn2)nc1C. The fraction of sp³-hybridized carbons (Fsp3) is 0.500. The number of hydrogen-bond acceptors (Lipinski definition) is 5. The molecule has 3 heterocycles. The Morgan fingerprint density at radius 3 is 2.68 bits per heavy atom.